The van der Waals surface area contributed by atoms with E-state index in [0.29, 0.717) is 28.9 Å². The van der Waals surface area contributed by atoms with Crippen molar-refractivity contribution in [2.24, 2.45) is 0 Å². The summed E-state index contributed by atoms with van der Waals surface area (Å²) in [6.07, 6.45) is 0.829. The van der Waals surface area contributed by atoms with Crippen molar-refractivity contribution >= 4 is 28.9 Å². The molecule has 1 saturated heterocycles. The molecule has 148 valence electrons. The largest absolute Gasteiger partial charge is 0.493 e. The molecule has 7 heteroatoms. The summed E-state index contributed by atoms with van der Waals surface area (Å²) < 4.78 is 16.2. The zero-order chi connectivity index (χ0) is 20.3. The molecule has 0 atom stereocenters. The van der Waals surface area contributed by atoms with Crippen LogP contribution in [-0.4, -0.2) is 43.8 Å². The van der Waals surface area contributed by atoms with Crippen molar-refractivity contribution in [1.29, 1.82) is 0 Å². The van der Waals surface area contributed by atoms with E-state index in [-0.39, 0.29) is 12.5 Å². The molecule has 1 aliphatic heterocycles. The molecule has 28 heavy (non-hydrogen) atoms. The van der Waals surface area contributed by atoms with Crippen LogP contribution in [0, 0.1) is 0 Å². The lowest BCUT2D eigenvalue weighted by molar-refractivity contribution is -0.116. The van der Waals surface area contributed by atoms with E-state index >= 15 is 0 Å². The van der Waals surface area contributed by atoms with Gasteiger partial charge in [-0.3, -0.25) is 9.69 Å². The molecular formula is C21H24N2O4S. The predicted octanol–water partition coefficient (Wildman–Crippen LogP) is 3.41. The molecular weight excluding hydrogens is 376 g/mol. The maximum atomic E-state index is 12.7. The molecule has 0 unspecified atom stereocenters. The summed E-state index contributed by atoms with van der Waals surface area (Å²) in [5, 5.41) is 0.500. The number of carbonyl (C=O) groups excluding carboxylic acids is 1. The van der Waals surface area contributed by atoms with Gasteiger partial charge in [-0.15, -0.1) is 0 Å². The summed E-state index contributed by atoms with van der Waals surface area (Å²) in [6.45, 7) is 2.76. The van der Waals surface area contributed by atoms with Gasteiger partial charge >= 0.3 is 0 Å². The highest BCUT2D eigenvalue weighted by Gasteiger charge is 2.35. The highest BCUT2D eigenvalue weighted by Crippen LogP contribution is 2.39. The summed E-state index contributed by atoms with van der Waals surface area (Å²) in [5.74, 6) is 1.65. The summed E-state index contributed by atoms with van der Waals surface area (Å²) >= 11 is 5.64. The predicted molar refractivity (Wildman–Crippen MR) is 112 cm³/mol. The Morgan fingerprint density at radius 2 is 1.68 bits per heavy atom. The van der Waals surface area contributed by atoms with E-state index in [2.05, 4.69) is 6.92 Å². The van der Waals surface area contributed by atoms with Crippen molar-refractivity contribution in [1.82, 2.24) is 4.90 Å². The normalized spacial score (nSPS) is 13.9. The minimum absolute atomic E-state index is 0.0293. The van der Waals surface area contributed by atoms with Crippen molar-refractivity contribution in [3.63, 3.8) is 0 Å². The lowest BCUT2D eigenvalue weighted by atomic mass is 10.1. The highest BCUT2D eigenvalue weighted by atomic mass is 32.1. The molecule has 0 aliphatic carbocycles. The molecule has 0 spiro atoms. The minimum Gasteiger partial charge on any atom is -0.493 e. The van der Waals surface area contributed by atoms with E-state index < -0.39 is 0 Å². The van der Waals surface area contributed by atoms with Crippen LogP contribution in [0.25, 0.3) is 0 Å². The monoisotopic (exact) mass is 400 g/mol. The highest BCUT2D eigenvalue weighted by molar-refractivity contribution is 7.80. The number of anilines is 1. The molecule has 0 radical (unpaired) electrons. The minimum atomic E-state index is -0.0293. The molecule has 1 aliphatic rings. The van der Waals surface area contributed by atoms with Gasteiger partial charge in [0.25, 0.3) is 5.91 Å². The van der Waals surface area contributed by atoms with Crippen LogP contribution >= 0.6 is 12.2 Å². The van der Waals surface area contributed by atoms with E-state index in [1.54, 1.807) is 26.2 Å². The average Bonchev–Trinajstić information content (AvgIpc) is 2.99. The van der Waals surface area contributed by atoms with E-state index in [0.717, 1.165) is 23.2 Å². The summed E-state index contributed by atoms with van der Waals surface area (Å²) in [7, 11) is 4.72. The number of methoxy groups -OCH3 is 3. The number of rotatable bonds is 7. The maximum absolute atomic E-state index is 12.7. The van der Waals surface area contributed by atoms with Gasteiger partial charge < -0.3 is 19.1 Å². The van der Waals surface area contributed by atoms with Gasteiger partial charge in [0.2, 0.25) is 5.75 Å². The van der Waals surface area contributed by atoms with Crippen LogP contribution in [0.4, 0.5) is 5.69 Å². The smallest absolute Gasteiger partial charge is 0.252 e. The number of carbonyl (C=O) groups is 1. The Bertz CT molecular complexity index is 875. The average molecular weight is 401 g/mol. The first kappa shape index (κ1) is 19.9. The summed E-state index contributed by atoms with van der Waals surface area (Å²) in [5.41, 5.74) is 2.86. The topological polar surface area (TPSA) is 51.2 Å². The second kappa shape index (κ2) is 8.48. The van der Waals surface area contributed by atoms with Crippen LogP contribution in [0.3, 0.4) is 0 Å². The van der Waals surface area contributed by atoms with E-state index in [9.17, 15) is 4.79 Å². The fourth-order valence-corrected chi connectivity index (χ4v) is 3.71. The maximum Gasteiger partial charge on any atom is 0.252 e. The molecule has 0 N–H and O–H groups in total. The fourth-order valence-electron chi connectivity index (χ4n) is 3.39. The van der Waals surface area contributed by atoms with Gasteiger partial charge in [0.15, 0.2) is 16.6 Å². The molecule has 0 saturated carbocycles. The molecule has 2 aromatic carbocycles. The number of para-hydroxylation sites is 1. The Balaban J connectivity index is 1.89. The van der Waals surface area contributed by atoms with Gasteiger partial charge in [0.05, 0.1) is 27.0 Å². The molecule has 0 aromatic heterocycles. The Labute approximate surface area is 170 Å². The second-order valence-electron chi connectivity index (χ2n) is 6.38. The second-order valence-corrected chi connectivity index (χ2v) is 6.75. The summed E-state index contributed by atoms with van der Waals surface area (Å²) in [6, 6.07) is 11.6. The number of amides is 1. The molecule has 6 nitrogen and oxygen atoms in total. The van der Waals surface area contributed by atoms with Crippen molar-refractivity contribution in [3.05, 3.63) is 47.5 Å². The van der Waals surface area contributed by atoms with Crippen molar-refractivity contribution < 1.29 is 19.0 Å². The van der Waals surface area contributed by atoms with Crippen LogP contribution in [0.15, 0.2) is 36.4 Å². The first-order chi connectivity index (χ1) is 13.5. The lowest BCUT2D eigenvalue weighted by Crippen LogP contribution is -2.33. The standard InChI is InChI=1S/C21H24N2O4S/c1-5-15-8-6-7-9-16(15)23-19(24)13-22(21(23)28)12-14-10-17(25-2)20(27-4)18(11-14)26-3/h6-11H,5,12-13H2,1-4H3. The first-order valence-electron chi connectivity index (χ1n) is 9.02. The van der Waals surface area contributed by atoms with E-state index in [4.69, 9.17) is 26.4 Å². The fraction of sp³-hybridized carbons (Fsp3) is 0.333. The van der Waals surface area contributed by atoms with Crippen LogP contribution < -0.4 is 19.1 Å². The Morgan fingerprint density at radius 3 is 2.25 bits per heavy atom. The molecule has 1 amide bonds. The van der Waals surface area contributed by atoms with Crippen LogP contribution in [0.1, 0.15) is 18.1 Å². The van der Waals surface area contributed by atoms with Gasteiger partial charge in [-0.2, -0.15) is 0 Å². The van der Waals surface area contributed by atoms with Crippen molar-refractivity contribution in [2.75, 3.05) is 32.8 Å². The van der Waals surface area contributed by atoms with Gasteiger partial charge in [-0.1, -0.05) is 25.1 Å². The first-order valence-corrected chi connectivity index (χ1v) is 9.43. The van der Waals surface area contributed by atoms with Gasteiger partial charge in [-0.25, -0.2) is 0 Å². The zero-order valence-corrected chi connectivity index (χ0v) is 17.3. The molecule has 1 heterocycles. The lowest BCUT2D eigenvalue weighted by Gasteiger charge is -2.23. The number of aryl methyl sites for hydroxylation is 1. The number of ether oxygens (including phenoxy) is 3. The quantitative estimate of drug-likeness (QED) is 0.664. The van der Waals surface area contributed by atoms with E-state index in [1.807, 2.05) is 41.3 Å². The Hall–Kier alpha value is -2.80. The molecule has 2 aromatic rings. The van der Waals surface area contributed by atoms with E-state index in [1.165, 1.54) is 0 Å². The van der Waals surface area contributed by atoms with Gasteiger partial charge in [0, 0.05) is 6.54 Å². The Morgan fingerprint density at radius 1 is 1.04 bits per heavy atom. The SMILES string of the molecule is CCc1ccccc1N1C(=O)CN(Cc2cc(OC)c(OC)c(OC)c2)C1=S. The third kappa shape index (κ3) is 3.62. The van der Waals surface area contributed by atoms with Crippen LogP contribution in [0.5, 0.6) is 17.2 Å². The Kier molecular flexibility index (Phi) is 6.04. The zero-order valence-electron chi connectivity index (χ0n) is 16.5. The number of nitrogens with zero attached hydrogens (tertiary/aromatic N) is 2. The number of hydrogen-bond donors (Lipinski definition) is 0. The number of hydrogen-bond acceptors (Lipinski definition) is 5. The summed E-state index contributed by atoms with van der Waals surface area (Å²) in [4.78, 5) is 16.2. The van der Waals surface area contributed by atoms with Crippen LogP contribution in [0.2, 0.25) is 0 Å². The number of benzene rings is 2. The van der Waals surface area contributed by atoms with Gasteiger partial charge in [0.1, 0.15) is 6.54 Å². The molecule has 3 rings (SSSR count). The number of thiocarbonyl (C=S) groups is 1. The molecule has 0 bridgehead atoms. The third-order valence-corrected chi connectivity index (χ3v) is 5.19. The third-order valence-electron chi connectivity index (χ3n) is 4.75. The van der Waals surface area contributed by atoms with Crippen molar-refractivity contribution in [2.45, 2.75) is 19.9 Å². The van der Waals surface area contributed by atoms with Crippen molar-refractivity contribution in [3.8, 4) is 17.2 Å². The van der Waals surface area contributed by atoms with Crippen LogP contribution in [-0.2, 0) is 17.8 Å². The molecule has 1 fully saturated rings. The van der Waals surface area contributed by atoms with Gasteiger partial charge in [-0.05, 0) is 48.0 Å².